The number of fused-ring (bicyclic) bond motifs is 1. The van der Waals surface area contributed by atoms with Crippen LogP contribution in [0.25, 0.3) is 0 Å². The SMILES string of the molecule is COc1ccc(C2=NN(C3CCN(C(=O)[C@@H](Cc4ccccc4C(F)(F)F)NC(=O)O)CC3)C(=O)[C@@H]3CCCC[C@H]23)cc1OC. The van der Waals surface area contributed by atoms with Crippen molar-refractivity contribution < 1.29 is 42.1 Å². The highest BCUT2D eigenvalue weighted by Gasteiger charge is 2.44. The molecule has 10 nitrogen and oxygen atoms in total. The molecule has 2 fully saturated rings. The van der Waals surface area contributed by atoms with Gasteiger partial charge in [-0.05, 0) is 55.5 Å². The molecular formula is C32H37F3N4O6. The first kappa shape index (κ1) is 32.1. The molecule has 0 unspecified atom stereocenters. The highest BCUT2D eigenvalue weighted by Crippen LogP contribution is 2.40. The van der Waals surface area contributed by atoms with Gasteiger partial charge in [0.1, 0.15) is 6.04 Å². The van der Waals surface area contributed by atoms with Crippen molar-refractivity contribution in [3.8, 4) is 11.5 Å². The summed E-state index contributed by atoms with van der Waals surface area (Å²) in [7, 11) is 3.12. The number of methoxy groups -OCH3 is 2. The molecular weight excluding hydrogens is 593 g/mol. The summed E-state index contributed by atoms with van der Waals surface area (Å²) >= 11 is 0. The summed E-state index contributed by atoms with van der Waals surface area (Å²) < 4.78 is 51.7. The molecule has 3 amide bonds. The van der Waals surface area contributed by atoms with Crippen LogP contribution < -0.4 is 14.8 Å². The Hall–Kier alpha value is -4.29. The van der Waals surface area contributed by atoms with Crippen LogP contribution in [0.4, 0.5) is 18.0 Å². The summed E-state index contributed by atoms with van der Waals surface area (Å²) in [6.45, 7) is 0.391. The highest BCUT2D eigenvalue weighted by atomic mass is 19.4. The van der Waals surface area contributed by atoms with Crippen molar-refractivity contribution in [2.24, 2.45) is 16.9 Å². The average Bonchev–Trinajstić information content (AvgIpc) is 3.04. The molecule has 1 aliphatic carbocycles. The zero-order chi connectivity index (χ0) is 32.3. The average molecular weight is 631 g/mol. The number of hydrazone groups is 1. The summed E-state index contributed by atoms with van der Waals surface area (Å²) in [6, 6.07) is 8.71. The van der Waals surface area contributed by atoms with Crippen molar-refractivity contribution in [3.63, 3.8) is 0 Å². The third-order valence-electron chi connectivity index (χ3n) is 9.02. The van der Waals surface area contributed by atoms with E-state index in [0.29, 0.717) is 24.3 Å². The Balaban J connectivity index is 1.34. The molecule has 0 bridgehead atoms. The smallest absolute Gasteiger partial charge is 0.416 e. The lowest BCUT2D eigenvalue weighted by Crippen LogP contribution is -2.55. The zero-order valence-corrected chi connectivity index (χ0v) is 25.2. The number of piperidine rings is 1. The van der Waals surface area contributed by atoms with E-state index >= 15 is 0 Å². The molecule has 0 aromatic heterocycles. The van der Waals surface area contributed by atoms with Crippen LogP contribution in [0.5, 0.6) is 11.5 Å². The summed E-state index contributed by atoms with van der Waals surface area (Å²) in [5, 5.41) is 18.0. The number of ether oxygens (including phenoxy) is 2. The number of hydrogen-bond donors (Lipinski definition) is 2. The van der Waals surface area contributed by atoms with Gasteiger partial charge in [-0.25, -0.2) is 9.80 Å². The lowest BCUT2D eigenvalue weighted by molar-refractivity contribution is -0.144. The number of carboxylic acid groups (broad SMARTS) is 1. The number of nitrogens with one attached hydrogen (secondary N) is 1. The lowest BCUT2D eigenvalue weighted by atomic mass is 9.73. The van der Waals surface area contributed by atoms with E-state index in [2.05, 4.69) is 5.32 Å². The number of nitrogens with zero attached hydrogens (tertiary/aromatic N) is 3. The maximum atomic E-state index is 13.7. The minimum absolute atomic E-state index is 0.0234. The van der Waals surface area contributed by atoms with E-state index in [1.54, 1.807) is 19.2 Å². The zero-order valence-electron chi connectivity index (χ0n) is 25.2. The molecule has 2 aliphatic heterocycles. The number of amides is 3. The van der Waals surface area contributed by atoms with Gasteiger partial charge in [0, 0.05) is 36.9 Å². The monoisotopic (exact) mass is 630 g/mol. The van der Waals surface area contributed by atoms with Crippen molar-refractivity contribution in [1.29, 1.82) is 0 Å². The summed E-state index contributed by atoms with van der Waals surface area (Å²) in [5.74, 6) is 0.257. The van der Waals surface area contributed by atoms with Gasteiger partial charge in [-0.1, -0.05) is 31.0 Å². The number of rotatable bonds is 8. The number of carbonyl (C=O) groups is 3. The molecule has 1 saturated carbocycles. The first-order valence-electron chi connectivity index (χ1n) is 15.1. The third-order valence-corrected chi connectivity index (χ3v) is 9.02. The van der Waals surface area contributed by atoms with E-state index in [0.717, 1.165) is 43.0 Å². The number of carbonyl (C=O) groups excluding carboxylic acids is 2. The Kier molecular flexibility index (Phi) is 9.54. The van der Waals surface area contributed by atoms with Gasteiger partial charge < -0.3 is 24.8 Å². The van der Waals surface area contributed by atoms with Crippen LogP contribution in [0.2, 0.25) is 0 Å². The largest absolute Gasteiger partial charge is 0.493 e. The normalized spacial score (nSPS) is 21.4. The Morgan fingerprint density at radius 1 is 1.00 bits per heavy atom. The molecule has 3 aliphatic rings. The Morgan fingerprint density at radius 2 is 1.67 bits per heavy atom. The Bertz CT molecular complexity index is 1460. The third kappa shape index (κ3) is 6.86. The van der Waals surface area contributed by atoms with Crippen LogP contribution >= 0.6 is 0 Å². The highest BCUT2D eigenvalue weighted by molar-refractivity contribution is 6.07. The van der Waals surface area contributed by atoms with Crippen LogP contribution in [0.15, 0.2) is 47.6 Å². The van der Waals surface area contributed by atoms with Gasteiger partial charge in [-0.3, -0.25) is 9.59 Å². The maximum Gasteiger partial charge on any atom is 0.416 e. The predicted octanol–water partition coefficient (Wildman–Crippen LogP) is 4.95. The Labute approximate surface area is 259 Å². The second kappa shape index (κ2) is 13.4. The van der Waals surface area contributed by atoms with E-state index in [1.165, 1.54) is 23.1 Å². The van der Waals surface area contributed by atoms with Crippen molar-refractivity contribution in [2.75, 3.05) is 27.3 Å². The fourth-order valence-corrected chi connectivity index (χ4v) is 6.79. The fraction of sp³-hybridized carbons (Fsp3) is 0.500. The number of hydrogen-bond acceptors (Lipinski definition) is 6. The number of alkyl halides is 3. The standard InChI is InChI=1S/C32H37F3N4O6/c1-44-26-12-11-20(18-27(26)45-2)28-22-8-4-5-9-23(22)29(40)39(37-28)21-13-15-38(16-14-21)30(41)25(36-31(42)43)17-19-7-3-6-10-24(19)32(33,34)35/h3,6-7,10-12,18,21-23,25,36H,4-5,8-9,13-17H2,1-2H3,(H,42,43)/t22-,23+,25+/m0/s1. The predicted molar refractivity (Wildman–Crippen MR) is 158 cm³/mol. The molecule has 13 heteroatoms. The van der Waals surface area contributed by atoms with Gasteiger partial charge in [-0.15, -0.1) is 0 Å². The molecule has 2 heterocycles. The minimum Gasteiger partial charge on any atom is -0.493 e. The summed E-state index contributed by atoms with van der Waals surface area (Å²) in [4.78, 5) is 40.2. The van der Waals surface area contributed by atoms with Crippen molar-refractivity contribution in [3.05, 3.63) is 59.2 Å². The molecule has 45 heavy (non-hydrogen) atoms. The molecule has 3 atom stereocenters. The molecule has 1 saturated heterocycles. The van der Waals surface area contributed by atoms with Gasteiger partial charge >= 0.3 is 12.3 Å². The summed E-state index contributed by atoms with van der Waals surface area (Å²) in [5.41, 5.74) is 0.565. The first-order valence-corrected chi connectivity index (χ1v) is 15.1. The quantitative estimate of drug-likeness (QED) is 0.426. The van der Waals surface area contributed by atoms with Crippen LogP contribution in [0, 0.1) is 11.8 Å². The fourth-order valence-electron chi connectivity index (χ4n) is 6.79. The van der Waals surface area contributed by atoms with Crippen molar-refractivity contribution >= 4 is 23.6 Å². The number of halogens is 3. The van der Waals surface area contributed by atoms with E-state index in [1.807, 2.05) is 18.2 Å². The molecule has 2 N–H and O–H groups in total. The second-order valence-corrected chi connectivity index (χ2v) is 11.7. The Morgan fingerprint density at radius 3 is 2.31 bits per heavy atom. The molecule has 2 aromatic rings. The molecule has 5 rings (SSSR count). The lowest BCUT2D eigenvalue weighted by Gasteiger charge is -2.43. The van der Waals surface area contributed by atoms with Gasteiger partial charge in [-0.2, -0.15) is 18.3 Å². The van der Waals surface area contributed by atoms with E-state index in [9.17, 15) is 32.7 Å². The van der Waals surface area contributed by atoms with Gasteiger partial charge in [0.05, 0.1) is 31.5 Å². The van der Waals surface area contributed by atoms with Gasteiger partial charge in [0.25, 0.3) is 0 Å². The molecule has 2 aromatic carbocycles. The van der Waals surface area contributed by atoms with Crippen LogP contribution in [0.3, 0.4) is 0 Å². The minimum atomic E-state index is -4.65. The van der Waals surface area contributed by atoms with Crippen LogP contribution in [-0.2, 0) is 22.2 Å². The number of benzene rings is 2. The molecule has 0 spiro atoms. The first-order chi connectivity index (χ1) is 21.5. The second-order valence-electron chi connectivity index (χ2n) is 11.7. The number of likely N-dealkylation sites (tertiary alicyclic amines) is 1. The van der Waals surface area contributed by atoms with Gasteiger partial charge in [0.15, 0.2) is 11.5 Å². The van der Waals surface area contributed by atoms with E-state index < -0.39 is 36.2 Å². The van der Waals surface area contributed by atoms with E-state index in [-0.39, 0.29) is 42.4 Å². The van der Waals surface area contributed by atoms with E-state index in [4.69, 9.17) is 14.6 Å². The van der Waals surface area contributed by atoms with Crippen molar-refractivity contribution in [2.45, 2.75) is 63.2 Å². The topological polar surface area (TPSA) is 121 Å². The summed E-state index contributed by atoms with van der Waals surface area (Å²) in [6.07, 6.45) is -2.29. The van der Waals surface area contributed by atoms with Crippen LogP contribution in [-0.4, -0.2) is 78.0 Å². The molecule has 0 radical (unpaired) electrons. The van der Waals surface area contributed by atoms with Crippen LogP contribution in [0.1, 0.15) is 55.2 Å². The molecule has 242 valence electrons. The maximum absolute atomic E-state index is 13.7. The van der Waals surface area contributed by atoms with Gasteiger partial charge in [0.2, 0.25) is 11.8 Å². The van der Waals surface area contributed by atoms with Crippen molar-refractivity contribution in [1.82, 2.24) is 15.2 Å².